The summed E-state index contributed by atoms with van der Waals surface area (Å²) in [5.41, 5.74) is 5.12. The molecular weight excluding hydrogens is 400 g/mol. The van der Waals surface area contributed by atoms with Crippen molar-refractivity contribution in [2.45, 2.75) is 25.8 Å². The second-order valence-electron chi connectivity index (χ2n) is 8.02. The molecule has 0 spiro atoms. The summed E-state index contributed by atoms with van der Waals surface area (Å²) in [7, 11) is 6.05. The standard InChI is InChI=1S/C23H29ClN4O2/c1-15-7-9-18(13-19(15)24)26-23(30)22(29)25-14-21(27(2)3)17-8-10-20-16(12-17)6-5-11-28(20)4/h7-10,12-13,21H,5-6,11,14H2,1-4H3,(H,25,29)(H,26,30)/t21-/m1/s1. The zero-order valence-electron chi connectivity index (χ0n) is 18.0. The van der Waals surface area contributed by atoms with Crippen molar-refractivity contribution in [3.05, 3.63) is 58.1 Å². The summed E-state index contributed by atoms with van der Waals surface area (Å²) in [5, 5.41) is 5.90. The van der Waals surface area contributed by atoms with Crippen LogP contribution < -0.4 is 15.5 Å². The Morgan fingerprint density at radius 1 is 1.17 bits per heavy atom. The van der Waals surface area contributed by atoms with Crippen molar-refractivity contribution in [3.63, 3.8) is 0 Å². The lowest BCUT2D eigenvalue weighted by Gasteiger charge is -2.30. The van der Waals surface area contributed by atoms with Gasteiger partial charge in [0.2, 0.25) is 0 Å². The molecule has 30 heavy (non-hydrogen) atoms. The first kappa shape index (κ1) is 22.1. The number of hydrogen-bond acceptors (Lipinski definition) is 4. The van der Waals surface area contributed by atoms with Crippen molar-refractivity contribution in [2.75, 3.05) is 44.4 Å². The Hall–Kier alpha value is -2.57. The van der Waals surface area contributed by atoms with Crippen LogP contribution in [0.1, 0.15) is 29.2 Å². The Balaban J connectivity index is 1.65. The number of aryl methyl sites for hydroxylation is 2. The van der Waals surface area contributed by atoms with E-state index in [1.165, 1.54) is 11.3 Å². The minimum atomic E-state index is -0.709. The van der Waals surface area contributed by atoms with Gasteiger partial charge in [-0.3, -0.25) is 9.59 Å². The third-order valence-electron chi connectivity index (χ3n) is 5.55. The van der Waals surface area contributed by atoms with Crippen LogP contribution in [0.5, 0.6) is 0 Å². The van der Waals surface area contributed by atoms with Gasteiger partial charge in [0, 0.05) is 36.5 Å². The topological polar surface area (TPSA) is 64.7 Å². The lowest BCUT2D eigenvalue weighted by atomic mass is 9.96. The van der Waals surface area contributed by atoms with Gasteiger partial charge in [-0.1, -0.05) is 29.8 Å². The van der Waals surface area contributed by atoms with Gasteiger partial charge in [-0.15, -0.1) is 0 Å². The quantitative estimate of drug-likeness (QED) is 0.716. The fraction of sp³-hybridized carbons (Fsp3) is 0.391. The van der Waals surface area contributed by atoms with Gasteiger partial charge in [-0.05, 0) is 68.8 Å². The Labute approximate surface area is 183 Å². The summed E-state index contributed by atoms with van der Waals surface area (Å²) < 4.78 is 0. The van der Waals surface area contributed by atoms with Crippen molar-refractivity contribution in [3.8, 4) is 0 Å². The molecule has 0 saturated heterocycles. The highest BCUT2D eigenvalue weighted by molar-refractivity contribution is 6.39. The van der Waals surface area contributed by atoms with Crippen LogP contribution in [0.4, 0.5) is 11.4 Å². The first-order valence-electron chi connectivity index (χ1n) is 10.1. The summed E-state index contributed by atoms with van der Waals surface area (Å²) in [4.78, 5) is 28.9. The Morgan fingerprint density at radius 2 is 1.93 bits per heavy atom. The number of nitrogens with one attached hydrogen (secondary N) is 2. The van der Waals surface area contributed by atoms with Gasteiger partial charge < -0.3 is 20.4 Å². The molecule has 2 N–H and O–H groups in total. The maximum Gasteiger partial charge on any atom is 0.313 e. The number of anilines is 2. The zero-order valence-corrected chi connectivity index (χ0v) is 18.7. The van der Waals surface area contributed by atoms with Gasteiger partial charge in [0.25, 0.3) is 0 Å². The van der Waals surface area contributed by atoms with E-state index < -0.39 is 11.8 Å². The summed E-state index contributed by atoms with van der Waals surface area (Å²) in [6.45, 7) is 3.28. The first-order chi connectivity index (χ1) is 14.3. The highest BCUT2D eigenvalue weighted by Gasteiger charge is 2.21. The summed E-state index contributed by atoms with van der Waals surface area (Å²) >= 11 is 6.08. The average molecular weight is 429 g/mol. The Morgan fingerprint density at radius 3 is 2.63 bits per heavy atom. The maximum absolute atomic E-state index is 12.4. The Bertz CT molecular complexity index is 945. The second kappa shape index (κ2) is 9.49. The number of carbonyl (C=O) groups is 2. The second-order valence-corrected chi connectivity index (χ2v) is 8.43. The van der Waals surface area contributed by atoms with Gasteiger partial charge in [-0.2, -0.15) is 0 Å². The predicted octanol–water partition coefficient (Wildman–Crippen LogP) is 3.39. The van der Waals surface area contributed by atoms with E-state index in [4.69, 9.17) is 11.6 Å². The highest BCUT2D eigenvalue weighted by atomic mass is 35.5. The molecule has 0 bridgehead atoms. The minimum absolute atomic E-state index is 0.0342. The minimum Gasteiger partial charge on any atom is -0.374 e. The molecule has 1 aliphatic heterocycles. The summed E-state index contributed by atoms with van der Waals surface area (Å²) in [5.74, 6) is -1.38. The third-order valence-corrected chi connectivity index (χ3v) is 5.96. The highest BCUT2D eigenvalue weighted by Crippen LogP contribution is 2.30. The number of likely N-dealkylation sites (N-methyl/N-ethyl adjacent to an activating group) is 1. The fourth-order valence-electron chi connectivity index (χ4n) is 3.74. The number of rotatable bonds is 5. The molecule has 1 atom stereocenters. The number of amides is 2. The molecule has 160 valence electrons. The lowest BCUT2D eigenvalue weighted by Crippen LogP contribution is -2.40. The van der Waals surface area contributed by atoms with Crippen LogP contribution >= 0.6 is 11.6 Å². The van der Waals surface area contributed by atoms with E-state index in [9.17, 15) is 9.59 Å². The molecule has 2 aromatic rings. The van der Waals surface area contributed by atoms with Crippen LogP contribution in [0.25, 0.3) is 0 Å². The molecule has 2 amide bonds. The van der Waals surface area contributed by atoms with E-state index in [0.29, 0.717) is 17.3 Å². The fourth-order valence-corrected chi connectivity index (χ4v) is 3.92. The number of halogens is 1. The normalized spacial score (nSPS) is 14.3. The molecule has 0 unspecified atom stereocenters. The van der Waals surface area contributed by atoms with Crippen molar-refractivity contribution in [1.29, 1.82) is 0 Å². The van der Waals surface area contributed by atoms with Gasteiger partial charge in [0.15, 0.2) is 0 Å². The molecule has 1 heterocycles. The van der Waals surface area contributed by atoms with Crippen LogP contribution in [0, 0.1) is 6.92 Å². The summed E-state index contributed by atoms with van der Waals surface area (Å²) in [6, 6.07) is 11.6. The average Bonchev–Trinajstić information content (AvgIpc) is 2.70. The monoisotopic (exact) mass is 428 g/mol. The van der Waals surface area contributed by atoms with Gasteiger partial charge in [0.05, 0.1) is 6.04 Å². The van der Waals surface area contributed by atoms with Crippen LogP contribution in [0.2, 0.25) is 5.02 Å². The smallest absolute Gasteiger partial charge is 0.313 e. The molecular formula is C23H29ClN4O2. The van der Waals surface area contributed by atoms with E-state index in [2.05, 4.69) is 40.8 Å². The zero-order chi connectivity index (χ0) is 21.8. The molecule has 0 aliphatic carbocycles. The number of benzene rings is 2. The van der Waals surface area contributed by atoms with Crippen molar-refractivity contribution in [2.24, 2.45) is 0 Å². The molecule has 0 fully saturated rings. The summed E-state index contributed by atoms with van der Waals surface area (Å²) in [6.07, 6.45) is 2.20. The Kier molecular flexibility index (Phi) is 7.00. The van der Waals surface area contributed by atoms with Crippen molar-refractivity contribution < 1.29 is 9.59 Å². The van der Waals surface area contributed by atoms with Crippen molar-refractivity contribution >= 4 is 34.8 Å². The number of hydrogen-bond donors (Lipinski definition) is 2. The molecule has 3 rings (SSSR count). The van der Waals surface area contributed by atoms with E-state index in [-0.39, 0.29) is 6.04 Å². The number of carbonyl (C=O) groups excluding carboxylic acids is 2. The first-order valence-corrected chi connectivity index (χ1v) is 10.5. The number of fused-ring (bicyclic) bond motifs is 1. The van der Waals surface area contributed by atoms with Crippen LogP contribution in [0.3, 0.4) is 0 Å². The van der Waals surface area contributed by atoms with Crippen LogP contribution in [-0.4, -0.2) is 50.9 Å². The van der Waals surface area contributed by atoms with Gasteiger partial charge in [0.1, 0.15) is 0 Å². The molecule has 6 nitrogen and oxygen atoms in total. The molecule has 7 heteroatoms. The molecule has 0 radical (unpaired) electrons. The maximum atomic E-state index is 12.4. The molecule has 0 aromatic heterocycles. The van der Waals surface area contributed by atoms with Gasteiger partial charge >= 0.3 is 11.8 Å². The van der Waals surface area contributed by atoms with Crippen LogP contribution in [0.15, 0.2) is 36.4 Å². The van der Waals surface area contributed by atoms with E-state index >= 15 is 0 Å². The van der Waals surface area contributed by atoms with E-state index in [1.54, 1.807) is 18.2 Å². The largest absolute Gasteiger partial charge is 0.374 e. The number of nitrogens with zero attached hydrogens (tertiary/aromatic N) is 2. The predicted molar refractivity (Wildman–Crippen MR) is 122 cm³/mol. The van der Waals surface area contributed by atoms with Crippen molar-refractivity contribution in [1.82, 2.24) is 10.2 Å². The van der Waals surface area contributed by atoms with Gasteiger partial charge in [-0.25, -0.2) is 0 Å². The lowest BCUT2D eigenvalue weighted by molar-refractivity contribution is -0.136. The third kappa shape index (κ3) is 5.12. The van der Waals surface area contributed by atoms with E-state index in [0.717, 1.165) is 30.5 Å². The molecule has 0 saturated carbocycles. The SMILES string of the molecule is Cc1ccc(NC(=O)C(=O)NC[C@H](c2ccc3c(c2)CCCN3C)N(C)C)cc1Cl. The molecule has 1 aliphatic rings. The van der Waals surface area contributed by atoms with E-state index in [1.807, 2.05) is 25.9 Å². The van der Waals surface area contributed by atoms with Crippen LogP contribution in [-0.2, 0) is 16.0 Å². The molecule has 2 aromatic carbocycles.